The van der Waals surface area contributed by atoms with E-state index < -0.39 is 0 Å². The molecule has 1 aliphatic heterocycles. The van der Waals surface area contributed by atoms with Gasteiger partial charge in [-0.05, 0) is 25.7 Å². The van der Waals surface area contributed by atoms with E-state index in [4.69, 9.17) is 9.52 Å². The zero-order valence-corrected chi connectivity index (χ0v) is 11.8. The maximum absolute atomic E-state index is 12.7. The molecule has 112 valence electrons. The molecule has 1 unspecified atom stereocenters. The summed E-state index contributed by atoms with van der Waals surface area (Å²) in [4.78, 5) is 32.7. The molecule has 0 radical (unpaired) electrons. The number of amides is 1. The van der Waals surface area contributed by atoms with Crippen LogP contribution in [0.5, 0.6) is 0 Å². The molecule has 0 bridgehead atoms. The van der Waals surface area contributed by atoms with Gasteiger partial charge in [0, 0.05) is 19.7 Å². The fourth-order valence-corrected chi connectivity index (χ4v) is 2.90. The Morgan fingerprint density at radius 3 is 3.19 bits per heavy atom. The molecule has 0 saturated carbocycles. The molecule has 2 aromatic rings. The van der Waals surface area contributed by atoms with Crippen molar-refractivity contribution in [2.45, 2.75) is 19.8 Å². The number of aliphatic hydroxyl groups is 1. The zero-order chi connectivity index (χ0) is 15.0. The Morgan fingerprint density at radius 1 is 1.62 bits per heavy atom. The number of aliphatic hydroxyl groups excluding tert-OH is 1. The number of carbonyl (C=O) groups excluding carboxylic acids is 1. The highest BCUT2D eigenvalue weighted by atomic mass is 16.3. The SMILES string of the molecule is Cc1oc2nc[nH]c(=O)c2c1C(=O)N1CCC(CCO)C1. The molecule has 7 nitrogen and oxygen atoms in total. The Bertz CT molecular complexity index is 733. The standard InChI is InChI=1S/C14H17N3O4/c1-8-10(11-12(19)15-7-16-13(11)21-8)14(20)17-4-2-9(6-17)3-5-18/h7,9,18H,2-6H2,1H3,(H,15,16,19). The van der Waals surface area contributed by atoms with Crippen molar-refractivity contribution in [3.8, 4) is 0 Å². The third-order valence-electron chi connectivity index (χ3n) is 3.99. The molecule has 0 aromatic carbocycles. The largest absolute Gasteiger partial charge is 0.442 e. The monoisotopic (exact) mass is 291 g/mol. The minimum absolute atomic E-state index is 0.129. The Balaban J connectivity index is 1.96. The number of hydrogen-bond donors (Lipinski definition) is 2. The topological polar surface area (TPSA) is 99.4 Å². The van der Waals surface area contributed by atoms with Crippen LogP contribution in [0.15, 0.2) is 15.5 Å². The molecular weight excluding hydrogens is 274 g/mol. The normalized spacial score (nSPS) is 18.6. The molecule has 7 heteroatoms. The van der Waals surface area contributed by atoms with E-state index >= 15 is 0 Å². The molecule has 3 heterocycles. The highest BCUT2D eigenvalue weighted by Crippen LogP contribution is 2.26. The summed E-state index contributed by atoms with van der Waals surface area (Å²) >= 11 is 0. The Labute approximate surface area is 120 Å². The van der Waals surface area contributed by atoms with Crippen LogP contribution in [0.2, 0.25) is 0 Å². The van der Waals surface area contributed by atoms with E-state index in [9.17, 15) is 9.59 Å². The van der Waals surface area contributed by atoms with Crippen molar-refractivity contribution >= 4 is 17.0 Å². The second-order valence-electron chi connectivity index (χ2n) is 5.36. The lowest BCUT2D eigenvalue weighted by Crippen LogP contribution is -2.30. The molecular formula is C14H17N3O4. The number of H-pyrrole nitrogens is 1. The molecule has 1 saturated heterocycles. The van der Waals surface area contributed by atoms with Gasteiger partial charge in [-0.2, -0.15) is 0 Å². The van der Waals surface area contributed by atoms with Crippen LogP contribution in [0.25, 0.3) is 11.1 Å². The predicted molar refractivity (Wildman–Crippen MR) is 75.1 cm³/mol. The first-order valence-electron chi connectivity index (χ1n) is 6.98. The zero-order valence-electron chi connectivity index (χ0n) is 11.8. The average Bonchev–Trinajstić information content (AvgIpc) is 3.03. The van der Waals surface area contributed by atoms with Crippen LogP contribution in [0, 0.1) is 12.8 Å². The van der Waals surface area contributed by atoms with Gasteiger partial charge in [-0.3, -0.25) is 9.59 Å². The van der Waals surface area contributed by atoms with Crippen molar-refractivity contribution in [2.24, 2.45) is 5.92 Å². The molecule has 1 fully saturated rings. The van der Waals surface area contributed by atoms with Crippen LogP contribution in [0.4, 0.5) is 0 Å². The van der Waals surface area contributed by atoms with Crippen molar-refractivity contribution in [2.75, 3.05) is 19.7 Å². The van der Waals surface area contributed by atoms with Gasteiger partial charge >= 0.3 is 0 Å². The van der Waals surface area contributed by atoms with Crippen LogP contribution in [-0.4, -0.2) is 45.6 Å². The van der Waals surface area contributed by atoms with Gasteiger partial charge in [0.1, 0.15) is 11.1 Å². The molecule has 1 atom stereocenters. The number of hydrogen-bond acceptors (Lipinski definition) is 5. The maximum Gasteiger partial charge on any atom is 0.262 e. The molecule has 0 spiro atoms. The molecule has 2 N–H and O–H groups in total. The van der Waals surface area contributed by atoms with E-state index in [1.807, 2.05) is 0 Å². The van der Waals surface area contributed by atoms with E-state index in [1.54, 1.807) is 11.8 Å². The number of aromatic nitrogens is 2. The molecule has 21 heavy (non-hydrogen) atoms. The summed E-state index contributed by atoms with van der Waals surface area (Å²) < 4.78 is 5.42. The third-order valence-corrected chi connectivity index (χ3v) is 3.99. The van der Waals surface area contributed by atoms with Crippen molar-refractivity contribution in [1.82, 2.24) is 14.9 Å². The number of fused-ring (bicyclic) bond motifs is 1. The van der Waals surface area contributed by atoms with Gasteiger partial charge in [0.2, 0.25) is 5.71 Å². The Hall–Kier alpha value is -2.15. The summed E-state index contributed by atoms with van der Waals surface area (Å²) in [7, 11) is 0. The fraction of sp³-hybridized carbons (Fsp3) is 0.500. The quantitative estimate of drug-likeness (QED) is 0.865. The number of likely N-dealkylation sites (tertiary alicyclic amines) is 1. The summed E-state index contributed by atoms with van der Waals surface area (Å²) in [6.07, 6.45) is 2.82. The van der Waals surface area contributed by atoms with Crippen LogP contribution in [0.3, 0.4) is 0 Å². The number of furan rings is 1. The van der Waals surface area contributed by atoms with Gasteiger partial charge < -0.3 is 19.4 Å². The average molecular weight is 291 g/mol. The number of nitrogens with one attached hydrogen (secondary N) is 1. The van der Waals surface area contributed by atoms with Gasteiger partial charge in [-0.25, -0.2) is 4.98 Å². The number of aryl methyl sites for hydroxylation is 1. The molecule has 1 aliphatic rings. The third kappa shape index (κ3) is 2.33. The van der Waals surface area contributed by atoms with Crippen LogP contribution < -0.4 is 5.56 Å². The van der Waals surface area contributed by atoms with Gasteiger partial charge in [-0.1, -0.05) is 0 Å². The smallest absolute Gasteiger partial charge is 0.262 e. The molecule has 2 aromatic heterocycles. The first-order chi connectivity index (χ1) is 10.1. The van der Waals surface area contributed by atoms with E-state index in [-0.39, 0.29) is 29.2 Å². The second-order valence-corrected chi connectivity index (χ2v) is 5.36. The van der Waals surface area contributed by atoms with Gasteiger partial charge in [0.15, 0.2) is 0 Å². The second kappa shape index (κ2) is 5.33. The summed E-state index contributed by atoms with van der Waals surface area (Å²) in [5.74, 6) is 0.517. The van der Waals surface area contributed by atoms with Gasteiger partial charge in [0.25, 0.3) is 11.5 Å². The summed E-state index contributed by atoms with van der Waals surface area (Å²) in [6.45, 7) is 3.02. The summed E-state index contributed by atoms with van der Waals surface area (Å²) in [5, 5.41) is 9.20. The van der Waals surface area contributed by atoms with Crippen LogP contribution in [0.1, 0.15) is 29.0 Å². The number of aromatic amines is 1. The van der Waals surface area contributed by atoms with E-state index in [1.165, 1.54) is 6.33 Å². The summed E-state index contributed by atoms with van der Waals surface area (Å²) in [6, 6.07) is 0. The predicted octanol–water partition coefficient (Wildman–Crippen LogP) is 0.669. The lowest BCUT2D eigenvalue weighted by atomic mass is 10.1. The minimum Gasteiger partial charge on any atom is -0.442 e. The van der Waals surface area contributed by atoms with Crippen LogP contribution >= 0.6 is 0 Å². The van der Waals surface area contributed by atoms with E-state index in [0.29, 0.717) is 36.8 Å². The van der Waals surface area contributed by atoms with Crippen molar-refractivity contribution in [3.63, 3.8) is 0 Å². The minimum atomic E-state index is -0.369. The first-order valence-corrected chi connectivity index (χ1v) is 6.98. The van der Waals surface area contributed by atoms with E-state index in [0.717, 1.165) is 6.42 Å². The number of carbonyl (C=O) groups is 1. The summed E-state index contributed by atoms with van der Waals surface area (Å²) in [5.41, 5.74) is 0.112. The molecule has 1 amide bonds. The highest BCUT2D eigenvalue weighted by molar-refractivity contribution is 6.06. The van der Waals surface area contributed by atoms with Crippen molar-refractivity contribution in [1.29, 1.82) is 0 Å². The Morgan fingerprint density at radius 2 is 2.43 bits per heavy atom. The lowest BCUT2D eigenvalue weighted by Gasteiger charge is -2.16. The fourth-order valence-electron chi connectivity index (χ4n) is 2.90. The van der Waals surface area contributed by atoms with Crippen molar-refractivity contribution < 1.29 is 14.3 Å². The Kier molecular flexibility index (Phi) is 3.50. The van der Waals surface area contributed by atoms with Crippen LogP contribution in [-0.2, 0) is 0 Å². The van der Waals surface area contributed by atoms with E-state index in [2.05, 4.69) is 9.97 Å². The number of rotatable bonds is 3. The molecule has 0 aliphatic carbocycles. The first kappa shape index (κ1) is 13.8. The maximum atomic E-state index is 12.7. The number of nitrogens with zero attached hydrogens (tertiary/aromatic N) is 2. The lowest BCUT2D eigenvalue weighted by molar-refractivity contribution is 0.0784. The van der Waals surface area contributed by atoms with Crippen molar-refractivity contribution in [3.05, 3.63) is 28.0 Å². The van der Waals surface area contributed by atoms with Gasteiger partial charge in [-0.15, -0.1) is 0 Å². The highest BCUT2D eigenvalue weighted by Gasteiger charge is 2.30. The molecule has 3 rings (SSSR count). The van der Waals surface area contributed by atoms with Gasteiger partial charge in [0.05, 0.1) is 11.9 Å².